The van der Waals surface area contributed by atoms with Crippen LogP contribution in [0, 0.1) is 17.0 Å². The Bertz CT molecular complexity index is 1090. The second kappa shape index (κ2) is 5.52. The van der Waals surface area contributed by atoms with Crippen molar-refractivity contribution in [3.05, 3.63) is 81.0 Å². The number of carbonyl (C=O) groups excluding carboxylic acids is 1. The van der Waals surface area contributed by atoms with E-state index in [1.807, 2.05) is 37.3 Å². The summed E-state index contributed by atoms with van der Waals surface area (Å²) in [7, 11) is 0. The quantitative estimate of drug-likeness (QED) is 0.400. The van der Waals surface area contributed by atoms with Crippen molar-refractivity contribution in [3.8, 4) is 0 Å². The molecule has 2 aromatic carbocycles. The van der Waals surface area contributed by atoms with E-state index in [2.05, 4.69) is 4.98 Å². The molecule has 0 N–H and O–H groups in total. The van der Waals surface area contributed by atoms with Crippen molar-refractivity contribution in [1.29, 1.82) is 0 Å². The number of nitro benzene ring substituents is 1. The van der Waals surface area contributed by atoms with Gasteiger partial charge in [0, 0.05) is 29.2 Å². The number of esters is 1. The van der Waals surface area contributed by atoms with E-state index < -0.39 is 10.9 Å². The molecule has 1 aliphatic rings. The molecule has 0 fully saturated rings. The normalized spacial score (nSPS) is 14.6. The molecule has 3 aromatic rings. The summed E-state index contributed by atoms with van der Waals surface area (Å²) in [6, 6.07) is 13.9. The van der Waals surface area contributed by atoms with Gasteiger partial charge in [0.25, 0.3) is 5.69 Å². The molecule has 6 heteroatoms. The van der Waals surface area contributed by atoms with Gasteiger partial charge in [-0.15, -0.1) is 0 Å². The highest BCUT2D eigenvalue weighted by Crippen LogP contribution is 2.34. The third-order valence-corrected chi connectivity index (χ3v) is 4.12. The number of rotatable bonds is 2. The first-order chi connectivity index (χ1) is 12.0. The maximum Gasteiger partial charge on any atom is 0.344 e. The number of hydrogen-bond donors (Lipinski definition) is 0. The third kappa shape index (κ3) is 2.53. The number of nitrogens with zero attached hydrogens (tertiary/aromatic N) is 2. The number of nitro groups is 1. The number of ether oxygens (including phenoxy) is 1. The lowest BCUT2D eigenvalue weighted by Gasteiger charge is -2.05. The summed E-state index contributed by atoms with van der Waals surface area (Å²) in [5.41, 5.74) is 3.05. The van der Waals surface area contributed by atoms with Crippen molar-refractivity contribution in [3.63, 3.8) is 0 Å². The third-order valence-electron chi connectivity index (χ3n) is 4.12. The molecule has 0 amide bonds. The molecule has 0 radical (unpaired) electrons. The van der Waals surface area contributed by atoms with Gasteiger partial charge in [-0.3, -0.25) is 10.1 Å². The van der Waals surface area contributed by atoms with Crippen LogP contribution in [0.15, 0.2) is 48.5 Å². The Morgan fingerprint density at radius 2 is 1.92 bits per heavy atom. The van der Waals surface area contributed by atoms with Gasteiger partial charge in [0.2, 0.25) is 0 Å². The monoisotopic (exact) mass is 332 g/mol. The highest BCUT2D eigenvalue weighted by atomic mass is 16.6. The predicted molar refractivity (Wildman–Crippen MR) is 92.9 cm³/mol. The van der Waals surface area contributed by atoms with Crippen LogP contribution in [0.5, 0.6) is 0 Å². The lowest BCUT2D eigenvalue weighted by Crippen LogP contribution is -1.95. The van der Waals surface area contributed by atoms with Crippen molar-refractivity contribution < 1.29 is 14.5 Å². The first kappa shape index (κ1) is 15.0. The Labute approximate surface area is 142 Å². The Balaban J connectivity index is 1.83. The van der Waals surface area contributed by atoms with E-state index in [-0.39, 0.29) is 11.3 Å². The van der Waals surface area contributed by atoms with Crippen LogP contribution in [0.3, 0.4) is 0 Å². The number of non-ortho nitro benzene ring substituents is 1. The highest BCUT2D eigenvalue weighted by molar-refractivity contribution is 6.06. The molecule has 0 spiro atoms. The van der Waals surface area contributed by atoms with Crippen molar-refractivity contribution in [2.75, 3.05) is 0 Å². The zero-order valence-corrected chi connectivity index (χ0v) is 13.2. The second-order valence-corrected chi connectivity index (χ2v) is 5.77. The summed E-state index contributed by atoms with van der Waals surface area (Å²) in [6.45, 7) is 1.93. The van der Waals surface area contributed by atoms with Crippen LogP contribution in [0.2, 0.25) is 0 Å². The summed E-state index contributed by atoms with van der Waals surface area (Å²) < 4.78 is 5.30. The lowest BCUT2D eigenvalue weighted by molar-refractivity contribution is -0.384. The standard InChI is InChI=1S/C19H12N2O4/c1-11-8-12-4-2-3-5-16(12)20-17(11)10-18-14-7-6-13(21(23)24)9-15(14)19(22)25-18/h2-10H,1H3/b18-10+. The molecule has 2 heterocycles. The molecule has 4 rings (SSSR count). The minimum atomic E-state index is -0.594. The Kier molecular flexibility index (Phi) is 3.32. The van der Waals surface area contributed by atoms with Crippen molar-refractivity contribution in [2.24, 2.45) is 0 Å². The van der Waals surface area contributed by atoms with E-state index in [0.717, 1.165) is 16.5 Å². The Morgan fingerprint density at radius 1 is 1.12 bits per heavy atom. The van der Waals surface area contributed by atoms with E-state index in [0.29, 0.717) is 17.0 Å². The van der Waals surface area contributed by atoms with Gasteiger partial charge >= 0.3 is 5.97 Å². The summed E-state index contributed by atoms with van der Waals surface area (Å²) in [6.07, 6.45) is 1.69. The fourth-order valence-electron chi connectivity index (χ4n) is 2.85. The number of para-hydroxylation sites is 1. The van der Waals surface area contributed by atoms with Crippen LogP contribution in [0.4, 0.5) is 5.69 Å². The highest BCUT2D eigenvalue weighted by Gasteiger charge is 2.28. The van der Waals surface area contributed by atoms with E-state index in [4.69, 9.17) is 4.74 Å². The van der Waals surface area contributed by atoms with Crippen molar-refractivity contribution in [2.45, 2.75) is 6.92 Å². The molecule has 25 heavy (non-hydrogen) atoms. The molecule has 0 unspecified atom stereocenters. The molecule has 6 nitrogen and oxygen atoms in total. The number of carbonyl (C=O) groups is 1. The summed E-state index contributed by atoms with van der Waals surface area (Å²) >= 11 is 0. The molecule has 1 aromatic heterocycles. The summed E-state index contributed by atoms with van der Waals surface area (Å²) in [4.78, 5) is 27.0. The van der Waals surface area contributed by atoms with Crippen LogP contribution < -0.4 is 0 Å². The maximum atomic E-state index is 12.0. The van der Waals surface area contributed by atoms with Crippen molar-refractivity contribution >= 4 is 34.4 Å². The number of benzene rings is 2. The van der Waals surface area contributed by atoms with E-state index in [9.17, 15) is 14.9 Å². The molecule has 0 bridgehead atoms. The van der Waals surface area contributed by atoms with Gasteiger partial charge < -0.3 is 4.74 Å². The first-order valence-electron chi connectivity index (χ1n) is 7.62. The molecule has 0 saturated heterocycles. The van der Waals surface area contributed by atoms with Gasteiger partial charge in [-0.2, -0.15) is 0 Å². The minimum absolute atomic E-state index is 0.142. The first-order valence-corrected chi connectivity index (χ1v) is 7.62. The number of hydrogen-bond acceptors (Lipinski definition) is 5. The number of aromatic nitrogens is 1. The molecular formula is C19H12N2O4. The molecule has 0 aliphatic carbocycles. The van der Waals surface area contributed by atoms with Crippen molar-refractivity contribution in [1.82, 2.24) is 4.98 Å². The zero-order valence-electron chi connectivity index (χ0n) is 13.2. The number of pyridine rings is 1. The van der Waals surface area contributed by atoms with Crippen LogP contribution in [0.1, 0.15) is 27.2 Å². The largest absolute Gasteiger partial charge is 0.422 e. The molecular weight excluding hydrogens is 320 g/mol. The van der Waals surface area contributed by atoms with Gasteiger partial charge in [-0.25, -0.2) is 9.78 Å². The number of cyclic esters (lactones) is 1. The van der Waals surface area contributed by atoms with E-state index in [1.165, 1.54) is 18.2 Å². The second-order valence-electron chi connectivity index (χ2n) is 5.77. The summed E-state index contributed by atoms with van der Waals surface area (Å²) in [5.74, 6) is -0.246. The van der Waals surface area contributed by atoms with Gasteiger partial charge in [0.05, 0.1) is 21.7 Å². The fraction of sp³-hybridized carbons (Fsp3) is 0.0526. The Hall–Kier alpha value is -3.54. The van der Waals surface area contributed by atoms with E-state index in [1.54, 1.807) is 6.08 Å². The summed E-state index contributed by atoms with van der Waals surface area (Å²) in [5, 5.41) is 11.9. The van der Waals surface area contributed by atoms with Gasteiger partial charge in [-0.1, -0.05) is 18.2 Å². The average Bonchev–Trinajstić information content (AvgIpc) is 2.91. The molecule has 0 saturated carbocycles. The minimum Gasteiger partial charge on any atom is -0.422 e. The topological polar surface area (TPSA) is 82.3 Å². The van der Waals surface area contributed by atoms with Crippen LogP contribution in [0.25, 0.3) is 22.7 Å². The van der Waals surface area contributed by atoms with Gasteiger partial charge in [0.15, 0.2) is 0 Å². The van der Waals surface area contributed by atoms with E-state index >= 15 is 0 Å². The predicted octanol–water partition coefficient (Wildman–Crippen LogP) is 4.12. The zero-order chi connectivity index (χ0) is 17.6. The fourth-order valence-corrected chi connectivity index (χ4v) is 2.85. The van der Waals surface area contributed by atoms with Gasteiger partial charge in [0.1, 0.15) is 5.76 Å². The van der Waals surface area contributed by atoms with Gasteiger partial charge in [-0.05, 0) is 30.7 Å². The smallest absolute Gasteiger partial charge is 0.344 e. The molecule has 1 aliphatic heterocycles. The lowest BCUT2D eigenvalue weighted by atomic mass is 10.0. The van der Waals surface area contributed by atoms with Crippen LogP contribution >= 0.6 is 0 Å². The Morgan fingerprint density at radius 3 is 2.72 bits per heavy atom. The average molecular weight is 332 g/mol. The SMILES string of the molecule is Cc1cc2ccccc2nc1/C=C1/OC(=O)c2cc([N+](=O)[O-])ccc21. The molecule has 122 valence electrons. The maximum absolute atomic E-state index is 12.0. The number of aryl methyl sites for hydroxylation is 1. The van der Waals surface area contributed by atoms with Crippen LogP contribution in [-0.2, 0) is 4.74 Å². The number of fused-ring (bicyclic) bond motifs is 2. The molecule has 0 atom stereocenters. The van der Waals surface area contributed by atoms with Crippen LogP contribution in [-0.4, -0.2) is 15.9 Å².